The average molecular weight is 410 g/mol. The topological polar surface area (TPSA) is 29.5 Å². The molecule has 0 aromatic heterocycles. The Hall–Kier alpha value is -1.53. The maximum absolute atomic E-state index is 12.1. The minimum Gasteiger partial charge on any atom is -0.489 e. The van der Waals surface area contributed by atoms with Crippen LogP contribution in [0.1, 0.15) is 11.1 Å². The molecular formula is C18H13Cl2NO2S2. The Morgan fingerprint density at radius 3 is 2.52 bits per heavy atom. The van der Waals surface area contributed by atoms with Crippen LogP contribution in [0.15, 0.2) is 47.4 Å². The minimum absolute atomic E-state index is 0.0934. The third-order valence-corrected chi connectivity index (χ3v) is 5.78. The van der Waals surface area contributed by atoms with Gasteiger partial charge < -0.3 is 4.74 Å². The van der Waals surface area contributed by atoms with Gasteiger partial charge in [-0.15, -0.1) is 0 Å². The highest BCUT2D eigenvalue weighted by atomic mass is 35.5. The van der Waals surface area contributed by atoms with Crippen molar-refractivity contribution in [1.82, 2.24) is 4.90 Å². The predicted molar refractivity (Wildman–Crippen MR) is 108 cm³/mol. The number of hydrogen-bond acceptors (Lipinski definition) is 4. The lowest BCUT2D eigenvalue weighted by Crippen LogP contribution is -2.22. The molecule has 2 aromatic rings. The zero-order valence-electron chi connectivity index (χ0n) is 13.2. The highest BCUT2D eigenvalue weighted by molar-refractivity contribution is 8.26. The van der Waals surface area contributed by atoms with Crippen LogP contribution in [0.5, 0.6) is 5.75 Å². The van der Waals surface area contributed by atoms with Gasteiger partial charge in [-0.25, -0.2) is 0 Å². The van der Waals surface area contributed by atoms with Crippen LogP contribution in [0.4, 0.5) is 0 Å². The summed E-state index contributed by atoms with van der Waals surface area (Å²) in [6.45, 7) is 0.263. The van der Waals surface area contributed by atoms with Crippen LogP contribution in [0, 0.1) is 0 Å². The molecule has 128 valence electrons. The molecule has 1 heterocycles. The van der Waals surface area contributed by atoms with E-state index in [9.17, 15) is 4.79 Å². The van der Waals surface area contributed by atoms with Crippen molar-refractivity contribution in [2.45, 2.75) is 6.61 Å². The molecule has 1 aliphatic heterocycles. The summed E-state index contributed by atoms with van der Waals surface area (Å²) in [5, 5.41) is 1.13. The van der Waals surface area contributed by atoms with E-state index in [1.54, 1.807) is 31.3 Å². The maximum atomic E-state index is 12.1. The Kier molecular flexibility index (Phi) is 5.69. The first-order valence-corrected chi connectivity index (χ1v) is 9.31. The Balaban J connectivity index is 1.76. The predicted octanol–water partition coefficient (Wildman–Crippen LogP) is 5.40. The van der Waals surface area contributed by atoms with E-state index < -0.39 is 0 Å². The van der Waals surface area contributed by atoms with Gasteiger partial charge in [-0.1, -0.05) is 65.4 Å². The molecule has 0 saturated carbocycles. The number of ether oxygens (including phenoxy) is 1. The zero-order chi connectivity index (χ0) is 18.0. The molecule has 0 N–H and O–H groups in total. The highest BCUT2D eigenvalue weighted by Crippen LogP contribution is 2.32. The third-order valence-electron chi connectivity index (χ3n) is 3.59. The number of likely N-dealkylation sites (N-methyl/N-ethyl adjacent to an activating group) is 1. The number of thioether (sulfide) groups is 1. The zero-order valence-corrected chi connectivity index (χ0v) is 16.3. The lowest BCUT2D eigenvalue weighted by Gasteiger charge is -2.10. The molecule has 1 aliphatic rings. The van der Waals surface area contributed by atoms with Crippen LogP contribution >= 0.6 is 47.2 Å². The van der Waals surface area contributed by atoms with Gasteiger partial charge in [-0.3, -0.25) is 9.69 Å². The third kappa shape index (κ3) is 4.18. The fraction of sp³-hybridized carbons (Fsp3) is 0.111. The second-order valence-electron chi connectivity index (χ2n) is 5.30. The first kappa shape index (κ1) is 18.3. The van der Waals surface area contributed by atoms with Gasteiger partial charge in [0.2, 0.25) is 0 Å². The van der Waals surface area contributed by atoms with E-state index in [0.29, 0.717) is 25.0 Å². The maximum Gasteiger partial charge on any atom is 0.265 e. The molecule has 3 rings (SSSR count). The van der Waals surface area contributed by atoms with Crippen LogP contribution in [0.2, 0.25) is 10.0 Å². The second kappa shape index (κ2) is 7.79. The molecule has 0 bridgehead atoms. The molecule has 1 fully saturated rings. The van der Waals surface area contributed by atoms with Crippen molar-refractivity contribution in [3.05, 3.63) is 68.5 Å². The number of thiocarbonyl (C=S) groups is 1. The number of halogens is 2. The van der Waals surface area contributed by atoms with Crippen molar-refractivity contribution < 1.29 is 9.53 Å². The summed E-state index contributed by atoms with van der Waals surface area (Å²) in [6.07, 6.45) is 1.80. The van der Waals surface area contributed by atoms with Crippen LogP contribution in [0.3, 0.4) is 0 Å². The number of amides is 1. The molecule has 0 atom stereocenters. The summed E-state index contributed by atoms with van der Waals surface area (Å²) in [6, 6.07) is 12.8. The normalized spacial score (nSPS) is 16.0. The van der Waals surface area contributed by atoms with Gasteiger partial charge in [0, 0.05) is 22.7 Å². The molecular weight excluding hydrogens is 397 g/mol. The standard InChI is InChI=1S/C18H13Cl2NO2S2/c1-21-17(22)16(25-18(21)24)9-11-4-2-5-12(8-11)23-10-13-14(19)6-3-7-15(13)20/h2-9H,10H2,1H3/b16-9+. The van der Waals surface area contributed by atoms with Gasteiger partial charge in [0.25, 0.3) is 5.91 Å². The van der Waals surface area contributed by atoms with E-state index in [1.807, 2.05) is 24.3 Å². The van der Waals surface area contributed by atoms with Gasteiger partial charge in [-0.05, 0) is 35.9 Å². The van der Waals surface area contributed by atoms with Gasteiger partial charge >= 0.3 is 0 Å². The second-order valence-corrected chi connectivity index (χ2v) is 7.79. The summed E-state index contributed by atoms with van der Waals surface area (Å²) in [4.78, 5) is 14.1. The lowest BCUT2D eigenvalue weighted by atomic mass is 10.2. The fourth-order valence-corrected chi connectivity index (χ4v) is 3.90. The summed E-state index contributed by atoms with van der Waals surface area (Å²) in [5.41, 5.74) is 1.60. The van der Waals surface area contributed by atoms with Crippen molar-refractivity contribution >= 4 is 63.5 Å². The summed E-state index contributed by atoms with van der Waals surface area (Å²) >= 11 is 18.7. The number of rotatable bonds is 4. The quantitative estimate of drug-likeness (QED) is 0.499. The number of carbonyl (C=O) groups excluding carboxylic acids is 1. The molecule has 25 heavy (non-hydrogen) atoms. The Morgan fingerprint density at radius 2 is 1.88 bits per heavy atom. The van der Waals surface area contributed by atoms with Crippen LogP contribution in [0.25, 0.3) is 6.08 Å². The summed E-state index contributed by atoms with van der Waals surface area (Å²) in [7, 11) is 1.67. The molecule has 3 nitrogen and oxygen atoms in total. The van der Waals surface area contributed by atoms with E-state index in [1.165, 1.54) is 16.7 Å². The smallest absolute Gasteiger partial charge is 0.265 e. The first-order chi connectivity index (χ1) is 12.0. The van der Waals surface area contributed by atoms with Crippen molar-refractivity contribution in [2.24, 2.45) is 0 Å². The molecule has 1 saturated heterocycles. The van der Waals surface area contributed by atoms with E-state index in [0.717, 1.165) is 11.1 Å². The van der Waals surface area contributed by atoms with Gasteiger partial charge in [0.05, 0.1) is 4.91 Å². The van der Waals surface area contributed by atoms with E-state index >= 15 is 0 Å². The monoisotopic (exact) mass is 409 g/mol. The number of benzene rings is 2. The van der Waals surface area contributed by atoms with E-state index in [-0.39, 0.29) is 12.5 Å². The SMILES string of the molecule is CN1C(=O)/C(=C\c2cccc(OCc3c(Cl)cccc3Cl)c2)SC1=S. The average Bonchev–Trinajstić information content (AvgIpc) is 2.82. The molecule has 0 radical (unpaired) electrons. The molecule has 0 aliphatic carbocycles. The largest absolute Gasteiger partial charge is 0.489 e. The van der Waals surface area contributed by atoms with Gasteiger partial charge in [0.1, 0.15) is 16.7 Å². The van der Waals surface area contributed by atoms with Crippen molar-refractivity contribution in [2.75, 3.05) is 7.05 Å². The van der Waals surface area contributed by atoms with E-state index in [4.69, 9.17) is 40.2 Å². The van der Waals surface area contributed by atoms with Gasteiger partial charge in [-0.2, -0.15) is 0 Å². The van der Waals surface area contributed by atoms with Crippen molar-refractivity contribution in [3.8, 4) is 5.75 Å². The molecule has 2 aromatic carbocycles. The fourth-order valence-electron chi connectivity index (χ4n) is 2.22. The molecule has 7 heteroatoms. The van der Waals surface area contributed by atoms with Crippen LogP contribution in [-0.2, 0) is 11.4 Å². The Labute approximate surface area is 165 Å². The Bertz CT molecular complexity index is 863. The van der Waals surface area contributed by atoms with Crippen molar-refractivity contribution in [1.29, 1.82) is 0 Å². The van der Waals surface area contributed by atoms with E-state index in [2.05, 4.69) is 0 Å². The number of nitrogens with zero attached hydrogens (tertiary/aromatic N) is 1. The van der Waals surface area contributed by atoms with Crippen LogP contribution < -0.4 is 4.74 Å². The Morgan fingerprint density at radius 1 is 1.20 bits per heavy atom. The summed E-state index contributed by atoms with van der Waals surface area (Å²) < 4.78 is 6.35. The number of hydrogen-bond donors (Lipinski definition) is 0. The van der Waals surface area contributed by atoms with Crippen molar-refractivity contribution in [3.63, 3.8) is 0 Å². The van der Waals surface area contributed by atoms with Crippen LogP contribution in [-0.4, -0.2) is 22.2 Å². The molecule has 1 amide bonds. The molecule has 0 spiro atoms. The lowest BCUT2D eigenvalue weighted by molar-refractivity contribution is -0.121. The summed E-state index contributed by atoms with van der Waals surface area (Å²) in [5.74, 6) is 0.570. The minimum atomic E-state index is -0.0934. The highest BCUT2D eigenvalue weighted by Gasteiger charge is 2.28. The number of carbonyl (C=O) groups is 1. The van der Waals surface area contributed by atoms with Gasteiger partial charge in [0.15, 0.2) is 0 Å². The first-order valence-electron chi connectivity index (χ1n) is 7.33. The molecule has 0 unspecified atom stereocenters.